The Balaban J connectivity index is 2.93. The zero-order valence-electron chi connectivity index (χ0n) is 5.23. The van der Waals surface area contributed by atoms with Crippen molar-refractivity contribution in [2.45, 2.75) is 0 Å². The predicted molar refractivity (Wildman–Crippen MR) is 38.7 cm³/mol. The highest BCUT2D eigenvalue weighted by Gasteiger charge is 1.93. The van der Waals surface area contributed by atoms with Crippen LogP contribution in [0.1, 0.15) is 0 Å². The average Bonchev–Trinajstić information content (AvgIpc) is 2.34. The van der Waals surface area contributed by atoms with Crippen molar-refractivity contribution in [1.82, 2.24) is 13.5 Å². The van der Waals surface area contributed by atoms with E-state index in [2.05, 4.69) is 26.5 Å². The fraction of sp³-hybridized carbons (Fsp3) is 0. The second-order valence-corrected chi connectivity index (χ2v) is 2.57. The molecule has 0 aliphatic heterocycles. The minimum atomic E-state index is 0.977. The van der Waals surface area contributed by atoms with Crippen LogP contribution in [-0.4, -0.2) is 30.0 Å². The van der Waals surface area contributed by atoms with Crippen molar-refractivity contribution in [3.63, 3.8) is 0 Å². The summed E-state index contributed by atoms with van der Waals surface area (Å²) >= 11 is 2.54. The van der Waals surface area contributed by atoms with Crippen LogP contribution in [0.5, 0.6) is 0 Å². The molecule has 0 aliphatic carbocycles. The molecule has 0 aromatic carbocycles. The van der Waals surface area contributed by atoms with Crippen LogP contribution in [0.4, 0.5) is 0 Å². The smallest absolute Gasteiger partial charge is 0.319 e. The van der Waals surface area contributed by atoms with Crippen LogP contribution in [-0.2, 0) is 0 Å². The van der Waals surface area contributed by atoms with Gasteiger partial charge in [0.15, 0.2) is 0 Å². The first kappa shape index (κ1) is 5.90. The van der Waals surface area contributed by atoms with E-state index in [1.807, 2.05) is 9.62 Å². The monoisotopic (exact) mass is 145 g/mol. The van der Waals surface area contributed by atoms with Crippen LogP contribution in [0.3, 0.4) is 0 Å². The number of hydrogen-bond donors (Lipinski definition) is 0. The zero-order valence-corrected chi connectivity index (χ0v) is 6.38. The summed E-state index contributed by atoms with van der Waals surface area (Å²) in [5.74, 6) is 0. The molecule has 46 valence electrons. The molecular formula is C6H4AlN3. The number of nitrogens with zero attached hydrogens (tertiary/aromatic N) is 3. The molecule has 0 unspecified atom stereocenters. The lowest BCUT2D eigenvalue weighted by Crippen LogP contribution is -1.86. The van der Waals surface area contributed by atoms with Crippen LogP contribution in [0.15, 0.2) is 24.8 Å². The Morgan fingerprint density at radius 1 is 1.50 bits per heavy atom. The molecule has 0 amide bonds. The molecule has 0 bridgehead atoms. The Labute approximate surface area is 66.4 Å². The van der Waals surface area contributed by atoms with Crippen molar-refractivity contribution in [3.05, 3.63) is 24.8 Å². The van der Waals surface area contributed by atoms with Crippen molar-refractivity contribution >= 4 is 27.5 Å². The first-order valence-corrected chi connectivity index (χ1v) is 3.42. The Morgan fingerprint density at radius 2 is 2.40 bits per heavy atom. The summed E-state index contributed by atoms with van der Waals surface area (Å²) in [6.07, 6.45) is 5.27. The van der Waals surface area contributed by atoms with Gasteiger partial charge in [-0.2, -0.15) is 0 Å². The molecule has 2 heterocycles. The third kappa shape index (κ3) is 0.738. The van der Waals surface area contributed by atoms with Crippen LogP contribution < -0.4 is 0 Å². The average molecular weight is 145 g/mol. The molecule has 0 saturated heterocycles. The van der Waals surface area contributed by atoms with Crippen molar-refractivity contribution in [1.29, 1.82) is 0 Å². The second-order valence-electron chi connectivity index (χ2n) is 2.02. The third-order valence-electron chi connectivity index (χ3n) is 1.38. The summed E-state index contributed by atoms with van der Waals surface area (Å²) < 4.78 is 1.86. The molecule has 2 radical (unpaired) electrons. The largest absolute Gasteiger partial charge is 0.441 e. The summed E-state index contributed by atoms with van der Waals surface area (Å²) in [6.45, 7) is 0. The maximum Gasteiger partial charge on any atom is 0.319 e. The topological polar surface area (TPSA) is 30.7 Å². The van der Waals surface area contributed by atoms with Crippen molar-refractivity contribution in [3.8, 4) is 0 Å². The van der Waals surface area contributed by atoms with E-state index >= 15 is 0 Å². The van der Waals surface area contributed by atoms with Gasteiger partial charge < -0.3 is 3.55 Å². The van der Waals surface area contributed by atoms with Gasteiger partial charge in [-0.05, 0) is 6.07 Å². The summed E-state index contributed by atoms with van der Waals surface area (Å²) in [4.78, 5) is 8.09. The molecule has 0 aliphatic rings. The summed E-state index contributed by atoms with van der Waals surface area (Å²) in [5.41, 5.74) is 2.01. The maximum atomic E-state index is 4.12. The fourth-order valence-electron chi connectivity index (χ4n) is 0.873. The first-order chi connectivity index (χ1) is 4.88. The highest BCUT2D eigenvalue weighted by Crippen LogP contribution is 2.06. The number of hydrogen-bond acceptors (Lipinski definition) is 2. The van der Waals surface area contributed by atoms with E-state index in [9.17, 15) is 0 Å². The van der Waals surface area contributed by atoms with E-state index in [1.54, 1.807) is 18.7 Å². The van der Waals surface area contributed by atoms with Gasteiger partial charge in [-0.25, -0.2) is 4.98 Å². The van der Waals surface area contributed by atoms with E-state index < -0.39 is 0 Å². The van der Waals surface area contributed by atoms with Gasteiger partial charge in [0.2, 0.25) is 0 Å². The number of imidazole rings is 1. The van der Waals surface area contributed by atoms with Crippen LogP contribution in [0, 0.1) is 0 Å². The summed E-state index contributed by atoms with van der Waals surface area (Å²) in [5, 5.41) is 0. The lowest BCUT2D eigenvalue weighted by atomic mass is 10.4. The second kappa shape index (κ2) is 2.08. The molecular weight excluding hydrogens is 141 g/mol. The Hall–Kier alpha value is -0.848. The van der Waals surface area contributed by atoms with Crippen LogP contribution in [0.25, 0.3) is 11.0 Å². The normalized spacial score (nSPS) is 10.4. The third-order valence-corrected chi connectivity index (χ3v) is 1.79. The molecule has 3 nitrogen and oxygen atoms in total. The minimum Gasteiger partial charge on any atom is -0.441 e. The number of pyridine rings is 1. The zero-order chi connectivity index (χ0) is 6.97. The maximum absolute atomic E-state index is 4.12. The summed E-state index contributed by atoms with van der Waals surface area (Å²) in [6, 6.07) is 1.88. The molecule has 10 heavy (non-hydrogen) atoms. The quantitative estimate of drug-likeness (QED) is 0.501. The molecule has 2 aromatic rings. The molecule has 4 heteroatoms. The van der Waals surface area contributed by atoms with Gasteiger partial charge in [-0.15, -0.1) is 0 Å². The van der Waals surface area contributed by atoms with E-state index in [0.717, 1.165) is 11.0 Å². The lowest BCUT2D eigenvalue weighted by molar-refractivity contribution is 1.24. The van der Waals surface area contributed by atoms with Gasteiger partial charge in [0.1, 0.15) is 0 Å². The molecule has 0 saturated carbocycles. The van der Waals surface area contributed by atoms with E-state index in [-0.39, 0.29) is 0 Å². The Morgan fingerprint density at radius 3 is 3.20 bits per heavy atom. The van der Waals surface area contributed by atoms with Crippen molar-refractivity contribution < 1.29 is 0 Å². The Kier molecular flexibility index (Phi) is 1.23. The number of rotatable bonds is 0. The van der Waals surface area contributed by atoms with Crippen molar-refractivity contribution in [2.24, 2.45) is 0 Å². The molecule has 2 aromatic heterocycles. The van der Waals surface area contributed by atoms with Crippen LogP contribution in [0.2, 0.25) is 0 Å². The lowest BCUT2D eigenvalue weighted by Gasteiger charge is -1.91. The van der Waals surface area contributed by atoms with Gasteiger partial charge in [0, 0.05) is 6.20 Å². The number of fused-ring (bicyclic) bond motifs is 1. The van der Waals surface area contributed by atoms with Gasteiger partial charge in [0.25, 0.3) is 0 Å². The predicted octanol–water partition coefficient (Wildman–Crippen LogP) is 0.363. The van der Waals surface area contributed by atoms with Gasteiger partial charge in [-0.3, -0.25) is 4.98 Å². The van der Waals surface area contributed by atoms with Crippen molar-refractivity contribution in [2.75, 3.05) is 0 Å². The molecule has 0 N–H and O–H groups in total. The minimum absolute atomic E-state index is 0.977. The number of aromatic nitrogens is 3. The SMILES string of the molecule is [Al][n]1cnc2ccncc21. The fourth-order valence-corrected chi connectivity index (χ4v) is 1.14. The standard InChI is InChI=1S/C6H4N3.Al/c1-2-7-3-6-5(1)8-4-9-6;/h1-4H;/q-1;+1. The Bertz CT molecular complexity index is 355. The first-order valence-electron chi connectivity index (χ1n) is 2.90. The van der Waals surface area contributed by atoms with Gasteiger partial charge in [-0.1, -0.05) is 0 Å². The van der Waals surface area contributed by atoms with E-state index in [1.165, 1.54) is 0 Å². The highest BCUT2D eigenvalue weighted by molar-refractivity contribution is 6.10. The molecule has 2 rings (SSSR count). The molecule has 0 spiro atoms. The van der Waals surface area contributed by atoms with E-state index in [4.69, 9.17) is 0 Å². The highest BCUT2D eigenvalue weighted by atomic mass is 27.1. The van der Waals surface area contributed by atoms with E-state index in [0.29, 0.717) is 0 Å². The van der Waals surface area contributed by atoms with Gasteiger partial charge >= 0.3 is 16.5 Å². The summed E-state index contributed by atoms with van der Waals surface area (Å²) in [7, 11) is 0. The van der Waals surface area contributed by atoms with Crippen LogP contribution >= 0.6 is 0 Å². The molecule has 0 atom stereocenters. The molecule has 0 fully saturated rings. The van der Waals surface area contributed by atoms with Gasteiger partial charge in [0.05, 0.1) is 23.6 Å².